The molecular weight excluding hydrogens is 325 g/mol. The zero-order chi connectivity index (χ0) is 17.7. The van der Waals surface area contributed by atoms with Crippen LogP contribution in [0.3, 0.4) is 0 Å². The van der Waals surface area contributed by atoms with Gasteiger partial charge in [-0.05, 0) is 36.5 Å². The first-order valence-electron chi connectivity index (χ1n) is 7.73. The Morgan fingerprint density at radius 3 is 2.83 bits per heavy atom. The average molecular weight is 346 g/mol. The van der Waals surface area contributed by atoms with E-state index in [1.165, 1.54) is 24.1 Å². The van der Waals surface area contributed by atoms with Gasteiger partial charge in [0.2, 0.25) is 0 Å². The molecule has 1 aromatic carbocycles. The number of ether oxygens (including phenoxy) is 1. The number of nitrogens with zero attached hydrogens (tertiary/aromatic N) is 1. The van der Waals surface area contributed by atoms with Gasteiger partial charge in [0.05, 0.1) is 12.7 Å². The molecule has 0 bridgehead atoms. The Labute approximate surface area is 138 Å². The van der Waals surface area contributed by atoms with E-state index in [1.54, 1.807) is 0 Å². The second-order valence-corrected chi connectivity index (χ2v) is 5.82. The molecule has 134 valence electrons. The van der Waals surface area contributed by atoms with Gasteiger partial charge in [0.1, 0.15) is 5.75 Å². The minimum absolute atomic E-state index is 0.000478. The van der Waals surface area contributed by atoms with Crippen molar-refractivity contribution in [1.29, 1.82) is 0 Å². The summed E-state index contributed by atoms with van der Waals surface area (Å²) in [6.07, 6.45) is -2.91. The van der Waals surface area contributed by atoms with E-state index in [0.29, 0.717) is 13.1 Å². The monoisotopic (exact) mass is 346 g/mol. The fourth-order valence-corrected chi connectivity index (χ4v) is 2.78. The van der Waals surface area contributed by atoms with Crippen LogP contribution in [0.25, 0.3) is 0 Å². The van der Waals surface area contributed by atoms with Crippen molar-refractivity contribution in [2.45, 2.75) is 25.6 Å². The number of likely N-dealkylation sites (tertiary alicyclic amines) is 1. The summed E-state index contributed by atoms with van der Waals surface area (Å²) in [7, 11) is 1.30. The van der Waals surface area contributed by atoms with Gasteiger partial charge >= 0.3 is 12.2 Å². The molecule has 0 saturated carbocycles. The number of urea groups is 1. The molecule has 0 unspecified atom stereocenters. The van der Waals surface area contributed by atoms with Crippen LogP contribution in [0.2, 0.25) is 0 Å². The van der Waals surface area contributed by atoms with E-state index in [2.05, 4.69) is 5.32 Å². The minimum atomic E-state index is -4.53. The molecule has 1 aliphatic rings. The molecule has 1 aliphatic heterocycles. The van der Waals surface area contributed by atoms with E-state index in [1.807, 2.05) is 0 Å². The summed E-state index contributed by atoms with van der Waals surface area (Å²) in [5.74, 6) is 0.135. The van der Waals surface area contributed by atoms with Gasteiger partial charge in [-0.2, -0.15) is 13.2 Å². The first-order chi connectivity index (χ1) is 11.3. The summed E-state index contributed by atoms with van der Waals surface area (Å²) in [4.78, 5) is 13.7. The lowest BCUT2D eigenvalue weighted by molar-refractivity contribution is -0.138. The SMILES string of the molecule is COc1ccc(CNC(=O)N2CCC[C@@H](CO)C2)c(C(F)(F)F)c1. The Bertz CT molecular complexity index is 578. The van der Waals surface area contributed by atoms with Crippen LogP contribution in [0, 0.1) is 5.92 Å². The van der Waals surface area contributed by atoms with Crippen molar-refractivity contribution in [2.75, 3.05) is 26.8 Å². The number of benzene rings is 1. The number of halogens is 3. The molecule has 1 aromatic rings. The summed E-state index contributed by atoms with van der Waals surface area (Å²) < 4.78 is 44.2. The Balaban J connectivity index is 2.04. The first kappa shape index (κ1) is 18.4. The van der Waals surface area contributed by atoms with Crippen LogP contribution >= 0.6 is 0 Å². The Morgan fingerprint density at radius 2 is 2.21 bits per heavy atom. The number of carbonyl (C=O) groups excluding carboxylic acids is 1. The molecule has 0 aliphatic carbocycles. The van der Waals surface area contributed by atoms with E-state index in [0.717, 1.165) is 18.9 Å². The Morgan fingerprint density at radius 1 is 1.46 bits per heavy atom. The second kappa shape index (κ2) is 7.74. The van der Waals surface area contributed by atoms with Gasteiger partial charge in [0, 0.05) is 26.2 Å². The van der Waals surface area contributed by atoms with Gasteiger partial charge in [0.15, 0.2) is 0 Å². The highest BCUT2D eigenvalue weighted by Crippen LogP contribution is 2.34. The van der Waals surface area contributed by atoms with E-state index < -0.39 is 17.8 Å². The summed E-state index contributed by atoms with van der Waals surface area (Å²) in [5, 5.41) is 11.7. The molecule has 0 spiro atoms. The van der Waals surface area contributed by atoms with Crippen LogP contribution < -0.4 is 10.1 Å². The first-order valence-corrected chi connectivity index (χ1v) is 7.73. The number of hydrogen-bond acceptors (Lipinski definition) is 3. The number of methoxy groups -OCH3 is 1. The lowest BCUT2D eigenvalue weighted by atomic mass is 9.99. The van der Waals surface area contributed by atoms with Crippen LogP contribution in [0.1, 0.15) is 24.0 Å². The van der Waals surface area contributed by atoms with Crippen LogP contribution in [-0.4, -0.2) is 42.8 Å². The van der Waals surface area contributed by atoms with E-state index >= 15 is 0 Å². The number of carbonyl (C=O) groups is 1. The highest BCUT2D eigenvalue weighted by Gasteiger charge is 2.34. The van der Waals surface area contributed by atoms with Crippen molar-refractivity contribution in [3.05, 3.63) is 29.3 Å². The van der Waals surface area contributed by atoms with Crippen LogP contribution in [0.4, 0.5) is 18.0 Å². The highest BCUT2D eigenvalue weighted by molar-refractivity contribution is 5.74. The summed E-state index contributed by atoms with van der Waals surface area (Å²) >= 11 is 0. The van der Waals surface area contributed by atoms with E-state index in [9.17, 15) is 23.1 Å². The van der Waals surface area contributed by atoms with Gasteiger partial charge in [-0.3, -0.25) is 0 Å². The summed E-state index contributed by atoms with van der Waals surface area (Å²) in [6.45, 7) is 0.729. The minimum Gasteiger partial charge on any atom is -0.497 e. The van der Waals surface area contributed by atoms with Crippen LogP contribution in [0.15, 0.2) is 18.2 Å². The quantitative estimate of drug-likeness (QED) is 0.881. The predicted molar refractivity (Wildman–Crippen MR) is 81.6 cm³/mol. The number of amides is 2. The van der Waals surface area contributed by atoms with Gasteiger partial charge in [-0.1, -0.05) is 6.07 Å². The van der Waals surface area contributed by atoms with Crippen molar-refractivity contribution < 1.29 is 27.8 Å². The number of piperidine rings is 1. The predicted octanol–water partition coefficient (Wildman–Crippen LogP) is 2.63. The molecule has 1 heterocycles. The van der Waals surface area contributed by atoms with E-state index in [-0.39, 0.29) is 30.4 Å². The highest BCUT2D eigenvalue weighted by atomic mass is 19.4. The number of nitrogens with one attached hydrogen (secondary N) is 1. The van der Waals surface area contributed by atoms with Crippen molar-refractivity contribution in [2.24, 2.45) is 5.92 Å². The van der Waals surface area contributed by atoms with Gasteiger partial charge in [0.25, 0.3) is 0 Å². The molecule has 1 fully saturated rings. The lowest BCUT2D eigenvalue weighted by Gasteiger charge is -2.32. The number of aliphatic hydroxyl groups excluding tert-OH is 1. The largest absolute Gasteiger partial charge is 0.497 e. The van der Waals surface area contributed by atoms with Crippen molar-refractivity contribution in [1.82, 2.24) is 10.2 Å². The molecule has 1 atom stereocenters. The number of hydrogen-bond donors (Lipinski definition) is 2. The third-order valence-corrected chi connectivity index (χ3v) is 4.12. The summed E-state index contributed by atoms with van der Waals surface area (Å²) in [5.41, 5.74) is -0.846. The van der Waals surface area contributed by atoms with Crippen molar-refractivity contribution in [3.63, 3.8) is 0 Å². The standard InChI is InChI=1S/C16H21F3N2O3/c1-24-13-5-4-12(14(7-13)16(17,18)19)8-20-15(23)21-6-2-3-11(9-21)10-22/h4-5,7,11,22H,2-3,6,8-10H2,1H3,(H,20,23)/t11-/m1/s1. The molecular formula is C16H21F3N2O3. The third kappa shape index (κ3) is 4.53. The Hall–Kier alpha value is -1.96. The Kier molecular flexibility index (Phi) is 5.93. The van der Waals surface area contributed by atoms with Crippen molar-refractivity contribution >= 4 is 6.03 Å². The molecule has 5 nitrogen and oxygen atoms in total. The number of aliphatic hydroxyl groups is 1. The maximum absolute atomic E-state index is 13.1. The van der Waals surface area contributed by atoms with E-state index in [4.69, 9.17) is 4.74 Å². The molecule has 1 saturated heterocycles. The number of alkyl halides is 3. The maximum Gasteiger partial charge on any atom is 0.416 e. The maximum atomic E-state index is 13.1. The summed E-state index contributed by atoms with van der Waals surface area (Å²) in [6, 6.07) is 3.23. The molecule has 2 amide bonds. The third-order valence-electron chi connectivity index (χ3n) is 4.12. The second-order valence-electron chi connectivity index (χ2n) is 5.82. The smallest absolute Gasteiger partial charge is 0.416 e. The normalized spacial score (nSPS) is 18.4. The zero-order valence-corrected chi connectivity index (χ0v) is 13.4. The molecule has 8 heteroatoms. The molecule has 0 radical (unpaired) electrons. The topological polar surface area (TPSA) is 61.8 Å². The van der Waals surface area contributed by atoms with Crippen LogP contribution in [0.5, 0.6) is 5.75 Å². The molecule has 2 N–H and O–H groups in total. The van der Waals surface area contributed by atoms with Gasteiger partial charge in [-0.25, -0.2) is 4.79 Å². The zero-order valence-electron chi connectivity index (χ0n) is 13.4. The van der Waals surface area contributed by atoms with Gasteiger partial charge < -0.3 is 20.1 Å². The van der Waals surface area contributed by atoms with Crippen LogP contribution in [-0.2, 0) is 12.7 Å². The molecule has 0 aromatic heterocycles. The molecule has 2 rings (SSSR count). The number of rotatable bonds is 4. The van der Waals surface area contributed by atoms with Crippen molar-refractivity contribution in [3.8, 4) is 5.75 Å². The lowest BCUT2D eigenvalue weighted by Crippen LogP contribution is -2.46. The molecule has 24 heavy (non-hydrogen) atoms. The fraction of sp³-hybridized carbons (Fsp3) is 0.562. The fourth-order valence-electron chi connectivity index (χ4n) is 2.78. The average Bonchev–Trinajstić information content (AvgIpc) is 2.58. The van der Waals surface area contributed by atoms with Gasteiger partial charge in [-0.15, -0.1) is 0 Å².